The van der Waals surface area contributed by atoms with E-state index < -0.39 is 21.6 Å². The van der Waals surface area contributed by atoms with Crippen LogP contribution in [0.1, 0.15) is 22.3 Å². The number of aryl methyl sites for hydroxylation is 1. The van der Waals surface area contributed by atoms with Gasteiger partial charge in [0.05, 0.1) is 34.5 Å². The molecule has 0 fully saturated rings. The molecule has 9 nitrogen and oxygen atoms in total. The van der Waals surface area contributed by atoms with Gasteiger partial charge in [0, 0.05) is 43.9 Å². The van der Waals surface area contributed by atoms with Crippen LogP contribution in [-0.4, -0.2) is 57.1 Å². The van der Waals surface area contributed by atoms with E-state index in [0.717, 1.165) is 0 Å². The topological polar surface area (TPSA) is 132 Å². The minimum absolute atomic E-state index is 0.0195. The van der Waals surface area contributed by atoms with Crippen LogP contribution in [0, 0.1) is 12.7 Å². The Morgan fingerprint density at radius 1 is 1.21 bits per heavy atom. The summed E-state index contributed by atoms with van der Waals surface area (Å²) in [6, 6.07) is 6.89. The summed E-state index contributed by atoms with van der Waals surface area (Å²) in [6.07, 6.45) is 1.12. The largest absolute Gasteiger partial charge is 0.494 e. The summed E-state index contributed by atoms with van der Waals surface area (Å²) in [4.78, 5) is 29.6. The zero-order valence-corrected chi connectivity index (χ0v) is 20.0. The number of halogens is 1. The number of nitrogens with two attached hydrogens (primary N) is 1. The molecule has 3 N–H and O–H groups in total. The van der Waals surface area contributed by atoms with Gasteiger partial charge in [-0.1, -0.05) is 0 Å². The van der Waals surface area contributed by atoms with Crippen molar-refractivity contribution < 1.29 is 27.1 Å². The smallest absolute Gasteiger partial charge is 0.252 e. The van der Waals surface area contributed by atoms with Crippen molar-refractivity contribution in [3.05, 3.63) is 53.5 Å². The number of carbonyl (C=O) groups excluding carboxylic acids is 2. The predicted octanol–water partition coefficient (Wildman–Crippen LogP) is 2.79. The van der Waals surface area contributed by atoms with Crippen molar-refractivity contribution >= 4 is 43.9 Å². The number of hydrogen-bond acceptors (Lipinski definition) is 7. The van der Waals surface area contributed by atoms with Crippen LogP contribution >= 0.6 is 0 Å². The van der Waals surface area contributed by atoms with Crippen LogP contribution < -0.4 is 15.8 Å². The molecule has 0 atom stereocenters. The average molecular weight is 489 g/mol. The molecule has 0 unspecified atom stereocenters. The highest BCUT2D eigenvalue weighted by molar-refractivity contribution is 7.91. The van der Waals surface area contributed by atoms with Crippen LogP contribution in [0.4, 0.5) is 15.8 Å². The third-order valence-electron chi connectivity index (χ3n) is 5.26. The summed E-state index contributed by atoms with van der Waals surface area (Å²) < 4.78 is 44.9. The Hall–Kier alpha value is -3.73. The highest BCUT2D eigenvalue weighted by Crippen LogP contribution is 2.34. The Morgan fingerprint density at radius 2 is 1.91 bits per heavy atom. The Bertz CT molecular complexity index is 1390. The molecule has 0 saturated carbocycles. The minimum Gasteiger partial charge on any atom is -0.494 e. The number of sulfone groups is 1. The molecule has 1 aromatic heterocycles. The molecule has 0 aliphatic rings. The molecular weight excluding hydrogens is 463 g/mol. The van der Waals surface area contributed by atoms with Crippen molar-refractivity contribution in [3.63, 3.8) is 0 Å². The van der Waals surface area contributed by atoms with E-state index in [-0.39, 0.29) is 40.0 Å². The van der Waals surface area contributed by atoms with Crippen molar-refractivity contribution in [2.45, 2.75) is 18.2 Å². The van der Waals surface area contributed by atoms with Crippen LogP contribution in [0.3, 0.4) is 0 Å². The van der Waals surface area contributed by atoms with Crippen LogP contribution in [0.5, 0.6) is 5.75 Å². The molecule has 34 heavy (non-hydrogen) atoms. The van der Waals surface area contributed by atoms with Crippen molar-refractivity contribution in [2.24, 2.45) is 5.73 Å². The Kier molecular flexibility index (Phi) is 7.06. The maximum Gasteiger partial charge on any atom is 0.252 e. The molecule has 3 rings (SSSR count). The molecule has 3 aromatic rings. The summed E-state index contributed by atoms with van der Waals surface area (Å²) in [5, 5.41) is 3.36. The normalized spacial score (nSPS) is 11.3. The first-order chi connectivity index (χ1) is 15.9. The molecule has 0 radical (unpaired) electrons. The molecule has 180 valence electrons. The summed E-state index contributed by atoms with van der Waals surface area (Å²) in [5.41, 5.74) is 7.17. The lowest BCUT2D eigenvalue weighted by atomic mass is 10.1. The Balaban J connectivity index is 2.17. The molecule has 0 saturated heterocycles. The highest BCUT2D eigenvalue weighted by Gasteiger charge is 2.22. The van der Waals surface area contributed by atoms with Gasteiger partial charge in [-0.25, -0.2) is 12.8 Å². The molecule has 0 spiro atoms. The van der Waals surface area contributed by atoms with Crippen molar-refractivity contribution in [2.75, 3.05) is 32.3 Å². The second kappa shape index (κ2) is 9.64. The third kappa shape index (κ3) is 5.09. The number of benzene rings is 2. The lowest BCUT2D eigenvalue weighted by molar-refractivity contribution is -0.128. The summed E-state index contributed by atoms with van der Waals surface area (Å²) in [7, 11) is 0.589. The minimum atomic E-state index is -3.83. The molecule has 0 aliphatic heterocycles. The SMILES string of the molecule is COc1cc(Nc2c(C(N)=O)cnc3c(C)cc(S(=O)(=O)CCC(=O)N(C)C)cc23)ccc1F. The third-order valence-corrected chi connectivity index (χ3v) is 6.96. The van der Waals surface area contributed by atoms with Gasteiger partial charge in [-0.2, -0.15) is 0 Å². The number of pyridine rings is 1. The van der Waals surface area contributed by atoms with Crippen LogP contribution in [0.2, 0.25) is 0 Å². The number of aromatic nitrogens is 1. The Labute approximate surface area is 196 Å². The maximum atomic E-state index is 13.9. The number of amides is 2. The number of fused-ring (bicyclic) bond motifs is 1. The van der Waals surface area contributed by atoms with Gasteiger partial charge in [0.15, 0.2) is 21.4 Å². The van der Waals surface area contributed by atoms with Gasteiger partial charge in [-0.3, -0.25) is 14.6 Å². The van der Waals surface area contributed by atoms with E-state index in [9.17, 15) is 22.4 Å². The first-order valence-corrected chi connectivity index (χ1v) is 11.9. The number of primary amides is 1. The molecular formula is C23H25FN4O5S. The van der Waals surface area contributed by atoms with Crippen LogP contribution in [-0.2, 0) is 14.6 Å². The second-order valence-electron chi connectivity index (χ2n) is 7.88. The number of rotatable bonds is 8. The van der Waals surface area contributed by atoms with Crippen LogP contribution in [0.15, 0.2) is 41.4 Å². The number of hydrogen-bond donors (Lipinski definition) is 2. The van der Waals surface area contributed by atoms with Gasteiger partial charge in [0.1, 0.15) is 0 Å². The van der Waals surface area contributed by atoms with E-state index in [1.54, 1.807) is 21.0 Å². The fraction of sp³-hybridized carbons (Fsp3) is 0.261. The molecule has 2 amide bonds. The highest BCUT2D eigenvalue weighted by atomic mass is 32.2. The predicted molar refractivity (Wildman–Crippen MR) is 127 cm³/mol. The van der Waals surface area contributed by atoms with Gasteiger partial charge in [0.25, 0.3) is 5.91 Å². The van der Waals surface area contributed by atoms with Gasteiger partial charge >= 0.3 is 0 Å². The monoisotopic (exact) mass is 488 g/mol. The lowest BCUT2D eigenvalue weighted by Crippen LogP contribution is -2.24. The Morgan fingerprint density at radius 3 is 2.53 bits per heavy atom. The van der Waals surface area contributed by atoms with Gasteiger partial charge in [-0.15, -0.1) is 0 Å². The molecule has 0 aliphatic carbocycles. The van der Waals surface area contributed by atoms with E-state index in [4.69, 9.17) is 10.5 Å². The molecule has 11 heteroatoms. The first kappa shape index (κ1) is 24.9. The standard InChI is InChI=1S/C23H25FN4O5S/c1-13-9-15(34(31,32)8-7-20(29)28(2)3)11-16-21(13)26-12-17(23(25)30)22(16)27-14-5-6-18(24)19(10-14)33-4/h5-6,9-12H,7-8H2,1-4H3,(H2,25,30)(H,26,27). The van der Waals surface area contributed by atoms with Crippen LogP contribution in [0.25, 0.3) is 10.9 Å². The van der Waals surface area contributed by atoms with Crippen molar-refractivity contribution in [1.82, 2.24) is 9.88 Å². The van der Waals surface area contributed by atoms with Crippen molar-refractivity contribution in [1.29, 1.82) is 0 Å². The van der Waals surface area contributed by atoms with E-state index >= 15 is 0 Å². The number of nitrogens with zero attached hydrogens (tertiary/aromatic N) is 2. The summed E-state index contributed by atoms with van der Waals surface area (Å²) >= 11 is 0. The summed E-state index contributed by atoms with van der Waals surface area (Å²) in [5.74, 6) is -2.07. The van der Waals surface area contributed by atoms with E-state index in [1.807, 2.05) is 0 Å². The number of ether oxygens (including phenoxy) is 1. The zero-order chi connectivity index (χ0) is 25.2. The molecule has 2 aromatic carbocycles. The van der Waals surface area contributed by atoms with Crippen molar-refractivity contribution in [3.8, 4) is 5.75 Å². The number of nitrogens with one attached hydrogen (secondary N) is 1. The van der Waals surface area contributed by atoms with Gasteiger partial charge < -0.3 is 20.7 Å². The molecule has 1 heterocycles. The number of carbonyl (C=O) groups is 2. The zero-order valence-electron chi connectivity index (χ0n) is 19.2. The fourth-order valence-corrected chi connectivity index (χ4v) is 4.73. The number of methoxy groups -OCH3 is 1. The lowest BCUT2D eigenvalue weighted by Gasteiger charge is -2.16. The summed E-state index contributed by atoms with van der Waals surface area (Å²) in [6.45, 7) is 1.69. The van der Waals surface area contributed by atoms with Gasteiger partial charge in [-0.05, 0) is 36.8 Å². The fourth-order valence-electron chi connectivity index (χ4n) is 3.39. The van der Waals surface area contributed by atoms with E-state index in [1.165, 1.54) is 48.5 Å². The second-order valence-corrected chi connectivity index (χ2v) is 9.99. The quantitative estimate of drug-likeness (QED) is 0.498. The number of anilines is 2. The maximum absolute atomic E-state index is 13.9. The van der Waals surface area contributed by atoms with Gasteiger partial charge in [0.2, 0.25) is 5.91 Å². The first-order valence-electron chi connectivity index (χ1n) is 10.2. The molecule has 0 bridgehead atoms. The average Bonchev–Trinajstić information content (AvgIpc) is 2.78. The van der Waals surface area contributed by atoms with E-state index in [2.05, 4.69) is 10.3 Å². The van der Waals surface area contributed by atoms with E-state index in [0.29, 0.717) is 22.2 Å².